The summed E-state index contributed by atoms with van der Waals surface area (Å²) in [6.07, 6.45) is 3.97. The van der Waals surface area contributed by atoms with E-state index >= 15 is 0 Å². The number of benzene rings is 5. The van der Waals surface area contributed by atoms with Crippen molar-refractivity contribution in [1.29, 1.82) is 0 Å². The number of pyridine rings is 2. The van der Waals surface area contributed by atoms with E-state index in [2.05, 4.69) is 175 Å². The van der Waals surface area contributed by atoms with Crippen LogP contribution in [0.25, 0.3) is 64.9 Å². The van der Waals surface area contributed by atoms with Gasteiger partial charge in [0.15, 0.2) is 0 Å². The van der Waals surface area contributed by atoms with Crippen molar-refractivity contribution < 1.29 is 20.1 Å². The maximum Gasteiger partial charge on any atom is 0 e. The average molecular weight is 918 g/mol. The molecule has 0 aliphatic carbocycles. The van der Waals surface area contributed by atoms with E-state index in [1.807, 2.05) is 35.7 Å². The van der Waals surface area contributed by atoms with Gasteiger partial charge in [-0.1, -0.05) is 79.4 Å². The van der Waals surface area contributed by atoms with E-state index in [1.54, 1.807) is 0 Å². The number of nitrogens with zero attached hydrogens (tertiary/aromatic N) is 2. The van der Waals surface area contributed by atoms with Gasteiger partial charge in [-0.2, -0.15) is 11.3 Å². The molecule has 51 heavy (non-hydrogen) atoms. The summed E-state index contributed by atoms with van der Waals surface area (Å²) in [6, 6.07) is 53.5. The van der Waals surface area contributed by atoms with Gasteiger partial charge in [0, 0.05) is 31.0 Å². The molecular weight excluding hydrogens is 877 g/mol. The number of aromatic nitrogens is 2. The summed E-state index contributed by atoms with van der Waals surface area (Å²) in [5, 5.41) is 2.58. The number of thiophene rings is 1. The topological polar surface area (TPSA) is 25.8 Å². The van der Waals surface area contributed by atoms with Gasteiger partial charge in [-0.3, -0.25) is 0 Å². The summed E-state index contributed by atoms with van der Waals surface area (Å²) in [5.74, 6) is 7.64. The molecule has 0 amide bonds. The largest absolute Gasteiger partial charge is 0 e. The van der Waals surface area contributed by atoms with Crippen molar-refractivity contribution in [2.45, 2.75) is 37.0 Å². The first-order valence-corrected chi connectivity index (χ1v) is 25.3. The molecule has 3 aromatic heterocycles. The Labute approximate surface area is 322 Å². The molecule has 8 rings (SSSR count). The van der Waals surface area contributed by atoms with Crippen LogP contribution in [-0.2, 0) is 20.1 Å². The van der Waals surface area contributed by atoms with Crippen LogP contribution in [0.2, 0.25) is 17.3 Å². The molecule has 0 atom stereocenters. The summed E-state index contributed by atoms with van der Waals surface area (Å²) in [5.41, 5.74) is 10.4. The van der Waals surface area contributed by atoms with Crippen LogP contribution >= 0.6 is 11.3 Å². The maximum absolute atomic E-state index is 4.67. The molecule has 5 heteroatoms. The van der Waals surface area contributed by atoms with Gasteiger partial charge in [0.1, 0.15) is 0 Å². The summed E-state index contributed by atoms with van der Waals surface area (Å²) in [4.78, 5) is 9.33. The zero-order valence-electron chi connectivity index (χ0n) is 29.6. The Bertz CT molecular complexity index is 2380. The third-order valence-corrected chi connectivity index (χ3v) is 14.6. The van der Waals surface area contributed by atoms with E-state index < -0.39 is 13.3 Å². The Morgan fingerprint density at radius 3 is 2.00 bits per heavy atom. The molecular formula is C46H40GeIrN2S-2. The molecule has 0 N–H and O–H groups in total. The summed E-state index contributed by atoms with van der Waals surface area (Å²) >= 11 is 0.0573. The molecule has 0 bridgehead atoms. The van der Waals surface area contributed by atoms with Crippen LogP contribution in [0.15, 0.2) is 146 Å². The standard InChI is InChI=1S/C26H20NS.C20H20GeN.Ir/c1-17(2)19-14-15-27-24(16-19)23-13-7-12-22-21-11-6-10-20(25(21)28-26(22)23)18-8-4-3-5-9-18;1-21(2,3)19-12-13-20(22-15-19)18-11-7-10-17(14-18)16-8-5-4-6-9-16;/h3-12,14-17H,1-2H3;4-10,12-15H,1-3H3;/q2*-1;. The molecule has 255 valence electrons. The van der Waals surface area contributed by atoms with Crippen molar-refractivity contribution in [3.05, 3.63) is 164 Å². The van der Waals surface area contributed by atoms with Gasteiger partial charge in [-0.05, 0) is 38.9 Å². The van der Waals surface area contributed by atoms with Crippen molar-refractivity contribution in [3.63, 3.8) is 0 Å². The van der Waals surface area contributed by atoms with Gasteiger partial charge in [0.05, 0.1) is 0 Å². The Kier molecular flexibility index (Phi) is 11.5. The minimum atomic E-state index is -1.79. The van der Waals surface area contributed by atoms with Crippen molar-refractivity contribution >= 4 is 49.2 Å². The molecule has 5 aromatic carbocycles. The van der Waals surface area contributed by atoms with E-state index in [4.69, 9.17) is 0 Å². The predicted molar refractivity (Wildman–Crippen MR) is 218 cm³/mol. The second kappa shape index (κ2) is 16.0. The third kappa shape index (κ3) is 8.16. The van der Waals surface area contributed by atoms with Crippen LogP contribution < -0.4 is 4.40 Å². The molecule has 0 unspecified atom stereocenters. The first kappa shape index (κ1) is 36.6. The van der Waals surface area contributed by atoms with E-state index in [-0.39, 0.29) is 20.1 Å². The third-order valence-electron chi connectivity index (χ3n) is 9.06. The molecule has 0 spiro atoms. The van der Waals surface area contributed by atoms with Crippen molar-refractivity contribution in [1.82, 2.24) is 9.97 Å². The molecule has 0 aliphatic heterocycles. The number of hydrogen-bond acceptors (Lipinski definition) is 3. The smallest absolute Gasteiger partial charge is 0 e. The molecule has 3 heterocycles. The maximum atomic E-state index is 4.67. The van der Waals surface area contributed by atoms with Gasteiger partial charge in [-0.15, -0.1) is 23.8 Å². The second-order valence-corrected chi connectivity index (χ2v) is 25.6. The summed E-state index contributed by atoms with van der Waals surface area (Å²) in [7, 11) is 0. The van der Waals surface area contributed by atoms with E-state index in [1.165, 1.54) is 52.4 Å². The zero-order chi connectivity index (χ0) is 34.7. The van der Waals surface area contributed by atoms with Crippen LogP contribution in [-0.4, -0.2) is 23.2 Å². The zero-order valence-corrected chi connectivity index (χ0v) is 34.9. The van der Waals surface area contributed by atoms with Crippen LogP contribution in [0.1, 0.15) is 25.3 Å². The Hall–Kier alpha value is -4.19. The van der Waals surface area contributed by atoms with Crippen molar-refractivity contribution in [2.24, 2.45) is 0 Å². The van der Waals surface area contributed by atoms with Gasteiger partial charge >= 0.3 is 135 Å². The molecule has 2 nitrogen and oxygen atoms in total. The molecule has 0 saturated carbocycles. The monoisotopic (exact) mass is 919 g/mol. The Morgan fingerprint density at radius 1 is 0.608 bits per heavy atom. The van der Waals surface area contributed by atoms with Gasteiger partial charge in [0.25, 0.3) is 0 Å². The average Bonchev–Trinajstić information content (AvgIpc) is 3.55. The summed E-state index contributed by atoms with van der Waals surface area (Å²) < 4.78 is 4.02. The molecule has 8 aromatic rings. The van der Waals surface area contributed by atoms with Crippen molar-refractivity contribution in [3.8, 4) is 44.8 Å². The van der Waals surface area contributed by atoms with Gasteiger partial charge in [-0.25, -0.2) is 0 Å². The van der Waals surface area contributed by atoms with Crippen LogP contribution in [0.3, 0.4) is 0 Å². The van der Waals surface area contributed by atoms with Crippen molar-refractivity contribution in [2.75, 3.05) is 0 Å². The fourth-order valence-electron chi connectivity index (χ4n) is 6.16. The quantitative estimate of drug-likeness (QED) is 0.123. The minimum absolute atomic E-state index is 0. The van der Waals surface area contributed by atoms with Crippen LogP contribution in [0.5, 0.6) is 0 Å². The molecule has 0 saturated heterocycles. The number of hydrogen-bond donors (Lipinski definition) is 0. The normalized spacial score (nSPS) is 11.3. The van der Waals surface area contributed by atoms with Gasteiger partial charge < -0.3 is 4.98 Å². The fourth-order valence-corrected chi connectivity index (χ4v) is 9.68. The second-order valence-electron chi connectivity index (χ2n) is 13.9. The molecule has 0 fully saturated rings. The van der Waals surface area contributed by atoms with E-state index in [0.29, 0.717) is 5.92 Å². The van der Waals surface area contributed by atoms with E-state index in [9.17, 15) is 0 Å². The Balaban J connectivity index is 0.000000178. The van der Waals surface area contributed by atoms with Crippen LogP contribution in [0, 0.1) is 12.1 Å². The molecule has 1 radical (unpaired) electrons. The Morgan fingerprint density at radius 2 is 1.31 bits per heavy atom. The SMILES string of the molecule is CC(C)c1ccnc(-c2[c-]ccc3c2sc2c(-c4ccccc4)cccc23)c1.[CH3][Ge]([CH3])([CH3])[c]1ccc(-c2[c-]ccc(-c3ccccc3)c2)nc1.[Ir]. The van der Waals surface area contributed by atoms with Crippen LogP contribution in [0.4, 0.5) is 0 Å². The predicted octanol–water partition coefficient (Wildman–Crippen LogP) is 12.5. The number of fused-ring (bicyclic) bond motifs is 3. The minimum Gasteiger partial charge on any atom is 0 e. The van der Waals surface area contributed by atoms with E-state index in [0.717, 1.165) is 22.5 Å². The number of rotatable bonds is 6. The van der Waals surface area contributed by atoms with Gasteiger partial charge in [0.2, 0.25) is 0 Å². The molecule has 0 aliphatic rings. The first-order valence-electron chi connectivity index (χ1n) is 17.2. The first-order chi connectivity index (χ1) is 24.3. The fraction of sp³-hybridized carbons (Fsp3) is 0.130. The summed E-state index contributed by atoms with van der Waals surface area (Å²) in [6.45, 7) is 4.43.